The number of thioether (sulfide) groups is 1. The van der Waals surface area contributed by atoms with E-state index in [0.717, 1.165) is 17.1 Å². The number of carbonyl (C=O) groups excluding carboxylic acids is 1. The van der Waals surface area contributed by atoms with Gasteiger partial charge >= 0.3 is 0 Å². The van der Waals surface area contributed by atoms with Gasteiger partial charge in [-0.15, -0.1) is 22.7 Å². The molecule has 0 N–H and O–H groups in total. The summed E-state index contributed by atoms with van der Waals surface area (Å²) in [6.45, 7) is 0. The first-order chi connectivity index (χ1) is 10.3. The van der Waals surface area contributed by atoms with Crippen LogP contribution in [0.5, 0.6) is 0 Å². The first-order valence-corrected chi connectivity index (χ1v) is 9.84. The molecule has 0 fully saturated rings. The molecule has 4 rings (SSSR count). The van der Waals surface area contributed by atoms with Crippen molar-refractivity contribution in [2.24, 2.45) is 0 Å². The molecule has 21 heavy (non-hydrogen) atoms. The topological polar surface area (TPSA) is 17.1 Å². The van der Waals surface area contributed by atoms with Gasteiger partial charge in [0.15, 0.2) is 5.78 Å². The van der Waals surface area contributed by atoms with Crippen LogP contribution in [-0.2, 0) is 18.6 Å². The molecule has 0 bridgehead atoms. The minimum absolute atomic E-state index is 0.267. The molecule has 0 saturated heterocycles. The second-order valence-electron chi connectivity index (χ2n) is 5.22. The quantitative estimate of drug-likeness (QED) is 0.616. The van der Waals surface area contributed by atoms with Crippen molar-refractivity contribution in [3.63, 3.8) is 0 Å². The standard InChI is InChI=1S/C17H14OS3/c18-14(17-8-12-9-19-6-5-15(12)21-17)7-11-10-20-16-4-2-1-3-13(11)16/h1-4,8,10H,5-7,9H2. The molecule has 3 aromatic rings. The van der Waals surface area contributed by atoms with E-state index in [-0.39, 0.29) is 5.78 Å². The van der Waals surface area contributed by atoms with E-state index in [0.29, 0.717) is 6.42 Å². The number of thiophene rings is 2. The number of hydrogen-bond donors (Lipinski definition) is 0. The van der Waals surface area contributed by atoms with Gasteiger partial charge in [-0.3, -0.25) is 4.79 Å². The average molecular weight is 330 g/mol. The highest BCUT2D eigenvalue weighted by atomic mass is 32.2. The highest BCUT2D eigenvalue weighted by Gasteiger charge is 2.18. The van der Waals surface area contributed by atoms with Crippen molar-refractivity contribution in [2.45, 2.75) is 18.6 Å². The molecule has 1 aliphatic heterocycles. The van der Waals surface area contributed by atoms with Crippen LogP contribution in [0.15, 0.2) is 35.7 Å². The maximum atomic E-state index is 12.6. The Balaban J connectivity index is 1.62. The molecular weight excluding hydrogens is 316 g/mol. The molecular formula is C17H14OS3. The predicted molar refractivity (Wildman–Crippen MR) is 94.0 cm³/mol. The van der Waals surface area contributed by atoms with Gasteiger partial charge in [0, 0.05) is 21.8 Å². The fraction of sp³-hybridized carbons (Fsp3) is 0.235. The lowest BCUT2D eigenvalue weighted by Gasteiger charge is -2.08. The van der Waals surface area contributed by atoms with E-state index in [4.69, 9.17) is 0 Å². The van der Waals surface area contributed by atoms with E-state index in [1.165, 1.54) is 31.8 Å². The molecule has 3 heterocycles. The van der Waals surface area contributed by atoms with E-state index in [1.54, 1.807) is 22.7 Å². The Kier molecular flexibility index (Phi) is 3.61. The van der Waals surface area contributed by atoms with Crippen LogP contribution in [0.4, 0.5) is 0 Å². The summed E-state index contributed by atoms with van der Waals surface area (Å²) in [5.41, 5.74) is 2.55. The zero-order valence-corrected chi connectivity index (χ0v) is 13.9. The Morgan fingerprint density at radius 1 is 1.24 bits per heavy atom. The lowest BCUT2D eigenvalue weighted by atomic mass is 10.1. The van der Waals surface area contributed by atoms with E-state index >= 15 is 0 Å². The summed E-state index contributed by atoms with van der Waals surface area (Å²) in [5, 5.41) is 3.36. The zero-order valence-electron chi connectivity index (χ0n) is 11.4. The van der Waals surface area contributed by atoms with Gasteiger partial charge in [0.05, 0.1) is 4.88 Å². The molecule has 4 heteroatoms. The van der Waals surface area contributed by atoms with Crippen LogP contribution in [0.25, 0.3) is 10.1 Å². The summed E-state index contributed by atoms with van der Waals surface area (Å²) in [6, 6.07) is 10.5. The van der Waals surface area contributed by atoms with Crippen LogP contribution in [-0.4, -0.2) is 11.5 Å². The molecule has 0 saturated carbocycles. The first-order valence-electron chi connectivity index (χ1n) is 6.99. The summed E-state index contributed by atoms with van der Waals surface area (Å²) < 4.78 is 1.27. The molecule has 0 radical (unpaired) electrons. The molecule has 2 aromatic heterocycles. The average Bonchev–Trinajstić information content (AvgIpc) is 3.11. The Labute approximate surface area is 136 Å². The number of aryl methyl sites for hydroxylation is 1. The lowest BCUT2D eigenvalue weighted by Crippen LogP contribution is -2.00. The van der Waals surface area contributed by atoms with Crippen LogP contribution in [0, 0.1) is 0 Å². The van der Waals surface area contributed by atoms with Gasteiger partial charge < -0.3 is 0 Å². The highest BCUT2D eigenvalue weighted by molar-refractivity contribution is 7.98. The molecule has 0 atom stereocenters. The van der Waals surface area contributed by atoms with Gasteiger partial charge in [0.2, 0.25) is 0 Å². The SMILES string of the molecule is O=C(Cc1csc2ccccc12)c1cc2c(s1)CCSC2. The van der Waals surface area contributed by atoms with Crippen LogP contribution < -0.4 is 0 Å². The molecule has 1 nitrogen and oxygen atoms in total. The smallest absolute Gasteiger partial charge is 0.177 e. The Morgan fingerprint density at radius 2 is 2.14 bits per heavy atom. The number of fused-ring (bicyclic) bond motifs is 2. The third-order valence-corrected chi connectivity index (χ3v) is 7.11. The third kappa shape index (κ3) is 2.56. The number of Topliss-reactive ketones (excluding diaryl/α,β-unsaturated/α-hetero) is 1. The Morgan fingerprint density at radius 3 is 3.05 bits per heavy atom. The van der Waals surface area contributed by atoms with Gasteiger partial charge in [-0.2, -0.15) is 11.8 Å². The molecule has 106 valence electrons. The summed E-state index contributed by atoms with van der Waals surface area (Å²) in [5.74, 6) is 2.53. The van der Waals surface area contributed by atoms with Crippen LogP contribution in [0.1, 0.15) is 25.7 Å². The molecule has 1 aliphatic rings. The van der Waals surface area contributed by atoms with Crippen molar-refractivity contribution in [3.8, 4) is 0 Å². The second kappa shape index (κ2) is 5.59. The lowest BCUT2D eigenvalue weighted by molar-refractivity contribution is 0.0997. The summed E-state index contributed by atoms with van der Waals surface area (Å²) in [6.07, 6.45) is 1.65. The normalized spacial score (nSPS) is 14.3. The largest absolute Gasteiger partial charge is 0.293 e. The maximum Gasteiger partial charge on any atom is 0.177 e. The number of rotatable bonds is 3. The first kappa shape index (κ1) is 13.6. The Bertz CT molecular complexity index is 789. The van der Waals surface area contributed by atoms with Gasteiger partial charge in [-0.25, -0.2) is 0 Å². The summed E-state index contributed by atoms with van der Waals surface area (Å²) >= 11 is 5.40. The van der Waals surface area contributed by atoms with Gasteiger partial charge in [0.1, 0.15) is 0 Å². The molecule has 1 aromatic carbocycles. The third-order valence-electron chi connectivity index (χ3n) is 3.81. The highest BCUT2D eigenvalue weighted by Crippen LogP contribution is 2.33. The minimum Gasteiger partial charge on any atom is -0.293 e. The van der Waals surface area contributed by atoms with Gasteiger partial charge in [-0.05, 0) is 46.2 Å². The number of hydrogen-bond acceptors (Lipinski definition) is 4. The minimum atomic E-state index is 0.267. The van der Waals surface area contributed by atoms with Crippen LogP contribution >= 0.6 is 34.4 Å². The molecule has 0 spiro atoms. The van der Waals surface area contributed by atoms with Gasteiger partial charge in [-0.1, -0.05) is 18.2 Å². The molecule has 0 unspecified atom stereocenters. The predicted octanol–water partition coefficient (Wildman–Crippen LogP) is 5.18. The van der Waals surface area contributed by atoms with E-state index < -0.39 is 0 Å². The maximum absolute atomic E-state index is 12.6. The van der Waals surface area contributed by atoms with Gasteiger partial charge in [0.25, 0.3) is 0 Å². The van der Waals surface area contributed by atoms with Crippen LogP contribution in [0.2, 0.25) is 0 Å². The fourth-order valence-corrected chi connectivity index (χ4v) is 5.99. The van der Waals surface area contributed by atoms with Crippen molar-refractivity contribution in [2.75, 3.05) is 5.75 Å². The second-order valence-corrected chi connectivity index (χ2v) is 8.37. The van der Waals surface area contributed by atoms with Crippen molar-refractivity contribution < 1.29 is 4.79 Å². The Hall–Kier alpha value is -1.10. The summed E-state index contributed by atoms with van der Waals surface area (Å²) in [7, 11) is 0. The summed E-state index contributed by atoms with van der Waals surface area (Å²) in [4.78, 5) is 14.9. The zero-order chi connectivity index (χ0) is 14.2. The van der Waals surface area contributed by atoms with E-state index in [1.807, 2.05) is 17.8 Å². The fourth-order valence-electron chi connectivity index (χ4n) is 2.71. The van der Waals surface area contributed by atoms with Crippen molar-refractivity contribution in [3.05, 3.63) is 56.6 Å². The molecule has 0 aliphatic carbocycles. The monoisotopic (exact) mass is 330 g/mol. The molecule has 0 amide bonds. The van der Waals surface area contributed by atoms with E-state index in [9.17, 15) is 4.79 Å². The van der Waals surface area contributed by atoms with Crippen molar-refractivity contribution >= 4 is 50.3 Å². The van der Waals surface area contributed by atoms with Crippen LogP contribution in [0.3, 0.4) is 0 Å². The number of ketones is 1. The van der Waals surface area contributed by atoms with Crippen molar-refractivity contribution in [1.29, 1.82) is 0 Å². The van der Waals surface area contributed by atoms with Crippen molar-refractivity contribution in [1.82, 2.24) is 0 Å². The van der Waals surface area contributed by atoms with E-state index in [2.05, 4.69) is 29.6 Å². The number of carbonyl (C=O) groups is 1. The number of benzene rings is 1.